The Morgan fingerprint density at radius 2 is 1.00 bits per heavy atom. The van der Waals surface area contributed by atoms with Crippen LogP contribution in [0.2, 0.25) is 0 Å². The second-order valence-corrected chi connectivity index (χ2v) is 11.6. The molecule has 0 aromatic heterocycles. The van der Waals surface area contributed by atoms with Crippen LogP contribution in [0.1, 0.15) is 62.8 Å². The SMILES string of the molecule is C.C=P([S-])(OC(C)C)OC(C)C.CC(C)OP([O-])(=S)OC(C)C. The first-order chi connectivity index (χ1) is 9.67. The molecule has 0 aromatic rings. The van der Waals surface area contributed by atoms with Crippen LogP contribution in [0.15, 0.2) is 0 Å². The van der Waals surface area contributed by atoms with E-state index in [1.165, 1.54) is 0 Å². The molecule has 0 bridgehead atoms. The molecule has 5 nitrogen and oxygen atoms in total. The van der Waals surface area contributed by atoms with Crippen molar-refractivity contribution in [1.82, 2.24) is 0 Å². The van der Waals surface area contributed by atoms with Crippen molar-refractivity contribution in [1.29, 1.82) is 0 Å². The van der Waals surface area contributed by atoms with E-state index in [-0.39, 0.29) is 31.8 Å². The van der Waals surface area contributed by atoms with Crippen molar-refractivity contribution in [3.63, 3.8) is 0 Å². The van der Waals surface area contributed by atoms with Gasteiger partial charge in [0.2, 0.25) is 0 Å². The van der Waals surface area contributed by atoms with E-state index < -0.39 is 13.3 Å². The average Bonchev–Trinajstić information content (AvgIpc) is 2.06. The summed E-state index contributed by atoms with van der Waals surface area (Å²) >= 11 is 9.66. The van der Waals surface area contributed by atoms with Gasteiger partial charge in [-0.1, -0.05) is 25.5 Å². The molecule has 0 radical (unpaired) electrons. The van der Waals surface area contributed by atoms with Gasteiger partial charge in [-0.3, -0.25) is 0 Å². The van der Waals surface area contributed by atoms with Crippen molar-refractivity contribution < 1.29 is 23.0 Å². The van der Waals surface area contributed by atoms with E-state index in [2.05, 4.69) is 18.1 Å². The van der Waals surface area contributed by atoms with E-state index in [1.54, 1.807) is 27.7 Å². The molecule has 0 saturated heterocycles. The summed E-state index contributed by atoms with van der Waals surface area (Å²) in [5.41, 5.74) is 0. The Morgan fingerprint density at radius 1 is 0.783 bits per heavy atom. The van der Waals surface area contributed by atoms with E-state index in [0.29, 0.717) is 0 Å². The van der Waals surface area contributed by atoms with E-state index in [1.807, 2.05) is 27.7 Å². The quantitative estimate of drug-likeness (QED) is 0.428. The fourth-order valence-corrected chi connectivity index (χ4v) is 5.69. The molecule has 0 aliphatic rings. The average molecular weight is 409 g/mol. The molecule has 0 unspecified atom stereocenters. The van der Waals surface area contributed by atoms with Crippen LogP contribution in [0.4, 0.5) is 0 Å². The summed E-state index contributed by atoms with van der Waals surface area (Å²) in [4.78, 5) is 11.2. The van der Waals surface area contributed by atoms with Crippen LogP contribution in [-0.4, -0.2) is 30.7 Å². The third kappa shape index (κ3) is 23.1. The summed E-state index contributed by atoms with van der Waals surface area (Å²) in [5, 5.41) is 0. The number of hydrogen-bond donors (Lipinski definition) is 0. The van der Waals surface area contributed by atoms with E-state index >= 15 is 0 Å². The first kappa shape index (κ1) is 28.9. The Morgan fingerprint density at radius 3 is 1.17 bits per heavy atom. The highest BCUT2D eigenvalue weighted by Gasteiger charge is 2.08. The van der Waals surface area contributed by atoms with Crippen LogP contribution in [0, 0.1) is 0 Å². The smallest absolute Gasteiger partial charge is 0.116 e. The molecule has 144 valence electrons. The lowest BCUT2D eigenvalue weighted by Gasteiger charge is -2.34. The lowest BCUT2D eigenvalue weighted by Crippen LogP contribution is -2.15. The summed E-state index contributed by atoms with van der Waals surface area (Å²) in [6.45, 7) is 9.33. The predicted molar refractivity (Wildman–Crippen MR) is 107 cm³/mol. The van der Waals surface area contributed by atoms with Crippen molar-refractivity contribution >= 4 is 43.6 Å². The van der Waals surface area contributed by atoms with Crippen LogP contribution >= 0.6 is 13.3 Å². The molecule has 0 aliphatic heterocycles. The topological polar surface area (TPSA) is 60.0 Å². The minimum Gasteiger partial charge on any atom is -0.780 e. The molecule has 0 spiro atoms. The maximum Gasteiger partial charge on any atom is 0.116 e. The lowest BCUT2D eigenvalue weighted by atomic mass is 10.5. The molecule has 0 aromatic carbocycles. The molecule has 0 saturated carbocycles. The molecule has 0 rings (SSSR count). The predicted octanol–water partition coefficient (Wildman–Crippen LogP) is 4.64. The second-order valence-electron chi connectivity index (χ2n) is 5.67. The minimum atomic E-state index is -3.22. The van der Waals surface area contributed by atoms with E-state index in [4.69, 9.17) is 30.3 Å². The van der Waals surface area contributed by atoms with Gasteiger partial charge < -0.3 is 35.2 Å². The lowest BCUT2D eigenvalue weighted by molar-refractivity contribution is -0.212. The van der Waals surface area contributed by atoms with Gasteiger partial charge in [-0.2, -0.15) is 0 Å². The maximum atomic E-state index is 11.2. The van der Waals surface area contributed by atoms with Gasteiger partial charge in [-0.05, 0) is 61.9 Å². The maximum absolute atomic E-state index is 11.2. The largest absolute Gasteiger partial charge is 0.780 e. The van der Waals surface area contributed by atoms with Gasteiger partial charge in [0.05, 0.1) is 24.4 Å². The number of rotatable bonds is 8. The Bertz CT molecular complexity index is 323. The van der Waals surface area contributed by atoms with Crippen LogP contribution in [-0.2, 0) is 42.2 Å². The summed E-state index contributed by atoms with van der Waals surface area (Å²) in [5.74, 6) is 0. The standard InChI is InChI=1S/C7H16O2PS.C6H15O3PS.CH4/c1-6(2)8-10(5,11)9-7(3)4;1-5(2)8-10(7,11)9-6(3)4;/h6-7H,5H2,1-4H3;5-6H,1-4H3,(H,7,11);1H4/q-1;;/p-1. The molecular formula is C14H34O5P2S2-2. The minimum absolute atomic E-state index is 0. The summed E-state index contributed by atoms with van der Waals surface area (Å²) in [6.07, 6.45) is 3.61. The van der Waals surface area contributed by atoms with Gasteiger partial charge in [0.1, 0.15) is 6.72 Å². The zero-order valence-corrected chi connectivity index (χ0v) is 18.2. The normalized spacial score (nSPS) is 12.4. The summed E-state index contributed by atoms with van der Waals surface area (Å²) < 4.78 is 20.5. The van der Waals surface area contributed by atoms with Crippen LogP contribution in [0.25, 0.3) is 0 Å². The van der Waals surface area contributed by atoms with Gasteiger partial charge in [0.25, 0.3) is 0 Å². The third-order valence-corrected chi connectivity index (χ3v) is 5.30. The van der Waals surface area contributed by atoms with Gasteiger partial charge in [-0.15, -0.1) is 0 Å². The zero-order valence-electron chi connectivity index (χ0n) is 14.8. The Labute approximate surface area is 154 Å². The highest BCUT2D eigenvalue weighted by Crippen LogP contribution is 2.47. The van der Waals surface area contributed by atoms with E-state index in [0.717, 1.165) is 0 Å². The first-order valence-electron chi connectivity index (χ1n) is 7.16. The van der Waals surface area contributed by atoms with E-state index in [9.17, 15) is 4.89 Å². The highest BCUT2D eigenvalue weighted by atomic mass is 32.7. The molecule has 0 heterocycles. The summed E-state index contributed by atoms with van der Waals surface area (Å²) in [6, 6.07) is 0. The molecule has 0 atom stereocenters. The van der Waals surface area contributed by atoms with Gasteiger partial charge in [0, 0.05) is 0 Å². The molecule has 9 heteroatoms. The molecular weight excluding hydrogens is 374 g/mol. The first-order valence-corrected chi connectivity index (χ1v) is 12.5. The van der Waals surface area contributed by atoms with Crippen molar-refractivity contribution in [3.05, 3.63) is 0 Å². The summed E-state index contributed by atoms with van der Waals surface area (Å²) in [7, 11) is 0. The van der Waals surface area contributed by atoms with Gasteiger partial charge >= 0.3 is 0 Å². The number of hydrogen-bond acceptors (Lipinski definition) is 7. The molecule has 0 fully saturated rings. The molecule has 23 heavy (non-hydrogen) atoms. The Balaban J connectivity index is -0.000000333. The van der Waals surface area contributed by atoms with Crippen LogP contribution < -0.4 is 4.89 Å². The molecule has 0 aliphatic carbocycles. The monoisotopic (exact) mass is 408 g/mol. The van der Waals surface area contributed by atoms with Crippen molar-refractivity contribution in [2.75, 3.05) is 0 Å². The van der Waals surface area contributed by atoms with Crippen molar-refractivity contribution in [2.24, 2.45) is 0 Å². The fraction of sp³-hybridized carbons (Fsp3) is 0.929. The second kappa shape index (κ2) is 13.3. The van der Waals surface area contributed by atoms with Crippen molar-refractivity contribution in [2.45, 2.75) is 87.2 Å². The third-order valence-electron chi connectivity index (χ3n) is 1.42. The van der Waals surface area contributed by atoms with Gasteiger partial charge in [-0.25, -0.2) is 0 Å². The molecule has 0 N–H and O–H groups in total. The highest BCUT2D eigenvalue weighted by molar-refractivity contribution is 8.36. The zero-order chi connectivity index (χ0) is 18.1. The van der Waals surface area contributed by atoms with Crippen LogP contribution in [0.3, 0.4) is 0 Å². The molecule has 0 amide bonds. The van der Waals surface area contributed by atoms with Crippen LogP contribution in [0.5, 0.6) is 0 Å². The Hall–Kier alpha value is 1.10. The van der Waals surface area contributed by atoms with Gasteiger partial charge in [0.15, 0.2) is 0 Å². The fourth-order valence-electron chi connectivity index (χ4n) is 1.21. The van der Waals surface area contributed by atoms with Crippen molar-refractivity contribution in [3.8, 4) is 0 Å². The Kier molecular flexibility index (Phi) is 16.7.